The zero-order valence-electron chi connectivity index (χ0n) is 12.1. The lowest BCUT2D eigenvalue weighted by molar-refractivity contribution is -0.151. The molecule has 0 aliphatic heterocycles. The van der Waals surface area contributed by atoms with Crippen LogP contribution in [0.5, 0.6) is 0 Å². The third kappa shape index (κ3) is 6.59. The summed E-state index contributed by atoms with van der Waals surface area (Å²) in [5, 5.41) is 11.8. The Balaban J connectivity index is 4.10. The van der Waals surface area contributed by atoms with Gasteiger partial charge in [0.15, 0.2) is 0 Å². The van der Waals surface area contributed by atoms with Gasteiger partial charge in [0.1, 0.15) is 5.92 Å². The maximum atomic E-state index is 11.8. The molecular formula is C13H26N2O3. The minimum Gasteiger partial charge on any atom is -0.481 e. The number of rotatable bonds is 7. The van der Waals surface area contributed by atoms with Gasteiger partial charge in [0.05, 0.1) is 0 Å². The Morgan fingerprint density at radius 2 is 1.78 bits per heavy atom. The molecule has 5 nitrogen and oxygen atoms in total. The third-order valence-electron chi connectivity index (χ3n) is 2.71. The van der Waals surface area contributed by atoms with Gasteiger partial charge in [-0.2, -0.15) is 0 Å². The first-order valence-electron chi connectivity index (χ1n) is 6.31. The molecule has 0 fully saturated rings. The molecule has 1 unspecified atom stereocenters. The van der Waals surface area contributed by atoms with E-state index in [4.69, 9.17) is 5.11 Å². The maximum absolute atomic E-state index is 11.8. The second-order valence-corrected chi connectivity index (χ2v) is 5.94. The highest BCUT2D eigenvalue weighted by Gasteiger charge is 2.37. The number of carboxylic acid groups (broad SMARTS) is 1. The van der Waals surface area contributed by atoms with Gasteiger partial charge in [-0.1, -0.05) is 20.8 Å². The summed E-state index contributed by atoms with van der Waals surface area (Å²) in [6.07, 6.45) is 1.85. The standard InChI is InChI=1S/C13H26N2O3/c1-13(2,3)10(12(17)18)11(16)14-8-6-7-9-15(4)5/h10H,6-9H2,1-5H3,(H,14,16)(H,17,18). The van der Waals surface area contributed by atoms with Gasteiger partial charge in [0.2, 0.25) is 5.91 Å². The summed E-state index contributed by atoms with van der Waals surface area (Å²) in [6, 6.07) is 0. The van der Waals surface area contributed by atoms with E-state index in [9.17, 15) is 9.59 Å². The van der Waals surface area contributed by atoms with Crippen LogP contribution in [0.25, 0.3) is 0 Å². The predicted molar refractivity (Wildman–Crippen MR) is 71.4 cm³/mol. The molecule has 5 heteroatoms. The van der Waals surface area contributed by atoms with Crippen LogP contribution in [0, 0.1) is 11.3 Å². The summed E-state index contributed by atoms with van der Waals surface area (Å²) in [6.45, 7) is 6.79. The number of hydrogen-bond acceptors (Lipinski definition) is 3. The summed E-state index contributed by atoms with van der Waals surface area (Å²) in [4.78, 5) is 25.0. The molecule has 0 heterocycles. The van der Waals surface area contributed by atoms with Crippen molar-refractivity contribution < 1.29 is 14.7 Å². The molecular weight excluding hydrogens is 232 g/mol. The van der Waals surface area contributed by atoms with Crippen molar-refractivity contribution in [3.05, 3.63) is 0 Å². The van der Waals surface area contributed by atoms with E-state index in [0.717, 1.165) is 19.4 Å². The van der Waals surface area contributed by atoms with Crippen molar-refractivity contribution in [1.29, 1.82) is 0 Å². The molecule has 1 atom stereocenters. The van der Waals surface area contributed by atoms with Gasteiger partial charge in [0.25, 0.3) is 0 Å². The molecule has 0 saturated heterocycles. The summed E-state index contributed by atoms with van der Waals surface area (Å²) >= 11 is 0. The van der Waals surface area contributed by atoms with E-state index in [1.165, 1.54) is 0 Å². The second-order valence-electron chi connectivity index (χ2n) is 5.94. The molecule has 106 valence electrons. The molecule has 0 bridgehead atoms. The Hall–Kier alpha value is -1.10. The Kier molecular flexibility index (Phi) is 6.91. The largest absolute Gasteiger partial charge is 0.481 e. The van der Waals surface area contributed by atoms with Crippen LogP contribution in [-0.2, 0) is 9.59 Å². The number of unbranched alkanes of at least 4 members (excludes halogenated alkanes) is 1. The fourth-order valence-electron chi connectivity index (χ4n) is 1.74. The number of nitrogens with zero attached hydrogens (tertiary/aromatic N) is 1. The monoisotopic (exact) mass is 258 g/mol. The first kappa shape index (κ1) is 16.9. The average Bonchev–Trinajstić information content (AvgIpc) is 2.13. The van der Waals surface area contributed by atoms with E-state index in [2.05, 4.69) is 10.2 Å². The van der Waals surface area contributed by atoms with E-state index in [1.807, 2.05) is 14.1 Å². The lowest BCUT2D eigenvalue weighted by atomic mass is 9.80. The molecule has 0 saturated carbocycles. The summed E-state index contributed by atoms with van der Waals surface area (Å²) in [5.74, 6) is -2.44. The van der Waals surface area contributed by atoms with Crippen LogP contribution in [0.3, 0.4) is 0 Å². The van der Waals surface area contributed by atoms with Crippen molar-refractivity contribution >= 4 is 11.9 Å². The number of carbonyl (C=O) groups is 2. The number of nitrogens with one attached hydrogen (secondary N) is 1. The van der Waals surface area contributed by atoms with Crippen LogP contribution in [0.2, 0.25) is 0 Å². The van der Waals surface area contributed by atoms with E-state index in [1.54, 1.807) is 20.8 Å². The van der Waals surface area contributed by atoms with Crippen molar-refractivity contribution in [3.8, 4) is 0 Å². The van der Waals surface area contributed by atoms with Gasteiger partial charge in [0, 0.05) is 6.54 Å². The zero-order valence-corrected chi connectivity index (χ0v) is 12.1. The minimum absolute atomic E-state index is 0.389. The fraction of sp³-hybridized carbons (Fsp3) is 0.846. The smallest absolute Gasteiger partial charge is 0.316 e. The van der Waals surface area contributed by atoms with E-state index >= 15 is 0 Å². The number of carboxylic acids is 1. The lowest BCUT2D eigenvalue weighted by Crippen LogP contribution is -2.43. The molecule has 18 heavy (non-hydrogen) atoms. The molecule has 1 amide bonds. The third-order valence-corrected chi connectivity index (χ3v) is 2.71. The van der Waals surface area contributed by atoms with Gasteiger partial charge in [-0.3, -0.25) is 9.59 Å². The second kappa shape index (κ2) is 7.36. The molecule has 0 aromatic rings. The van der Waals surface area contributed by atoms with Crippen LogP contribution < -0.4 is 5.32 Å². The highest BCUT2D eigenvalue weighted by Crippen LogP contribution is 2.26. The Labute approximate surface area is 110 Å². The molecule has 0 aromatic carbocycles. The van der Waals surface area contributed by atoms with Gasteiger partial charge in [-0.25, -0.2) is 0 Å². The minimum atomic E-state index is -1.06. The van der Waals surface area contributed by atoms with Gasteiger partial charge < -0.3 is 15.3 Å². The van der Waals surface area contributed by atoms with Crippen LogP contribution in [0.1, 0.15) is 33.6 Å². The molecule has 0 rings (SSSR count). The van der Waals surface area contributed by atoms with Gasteiger partial charge >= 0.3 is 5.97 Å². The Bertz CT molecular complexity index is 282. The van der Waals surface area contributed by atoms with E-state index in [0.29, 0.717) is 6.54 Å². The number of aliphatic carboxylic acids is 1. The molecule has 0 aromatic heterocycles. The SMILES string of the molecule is CN(C)CCCCNC(=O)C(C(=O)O)C(C)(C)C. The topological polar surface area (TPSA) is 69.6 Å². The number of amides is 1. The Morgan fingerprint density at radius 3 is 2.17 bits per heavy atom. The van der Waals surface area contributed by atoms with Gasteiger partial charge in [-0.15, -0.1) is 0 Å². The maximum Gasteiger partial charge on any atom is 0.316 e. The molecule has 0 aliphatic rings. The molecule has 2 N–H and O–H groups in total. The average molecular weight is 258 g/mol. The summed E-state index contributed by atoms with van der Waals surface area (Å²) in [5.41, 5.74) is -0.570. The number of carbonyl (C=O) groups excluding carboxylic acids is 1. The van der Waals surface area contributed by atoms with Crippen LogP contribution in [0.4, 0.5) is 0 Å². The Morgan fingerprint density at radius 1 is 1.22 bits per heavy atom. The first-order chi connectivity index (χ1) is 8.16. The van der Waals surface area contributed by atoms with Crippen molar-refractivity contribution in [2.24, 2.45) is 11.3 Å². The quantitative estimate of drug-likeness (QED) is 0.531. The predicted octanol–water partition coefficient (Wildman–Crippen LogP) is 1.19. The summed E-state index contributed by atoms with van der Waals surface area (Å²) < 4.78 is 0. The zero-order chi connectivity index (χ0) is 14.3. The molecule has 0 aliphatic carbocycles. The van der Waals surface area contributed by atoms with Crippen LogP contribution in [0.15, 0.2) is 0 Å². The highest BCUT2D eigenvalue weighted by molar-refractivity contribution is 5.97. The normalized spacial score (nSPS) is 13.4. The lowest BCUT2D eigenvalue weighted by Gasteiger charge is -2.25. The summed E-state index contributed by atoms with van der Waals surface area (Å²) in [7, 11) is 4.00. The van der Waals surface area contributed by atoms with Crippen LogP contribution in [-0.4, -0.2) is 49.1 Å². The van der Waals surface area contributed by atoms with Crippen molar-refractivity contribution in [3.63, 3.8) is 0 Å². The first-order valence-corrected chi connectivity index (χ1v) is 6.31. The molecule has 0 spiro atoms. The van der Waals surface area contributed by atoms with E-state index in [-0.39, 0.29) is 5.91 Å². The van der Waals surface area contributed by atoms with Crippen LogP contribution >= 0.6 is 0 Å². The van der Waals surface area contributed by atoms with E-state index < -0.39 is 17.3 Å². The van der Waals surface area contributed by atoms with Crippen molar-refractivity contribution in [2.75, 3.05) is 27.2 Å². The van der Waals surface area contributed by atoms with Crippen molar-refractivity contribution in [2.45, 2.75) is 33.6 Å². The number of hydrogen-bond donors (Lipinski definition) is 2. The fourth-order valence-corrected chi connectivity index (χ4v) is 1.74. The molecule has 0 radical (unpaired) electrons. The highest BCUT2D eigenvalue weighted by atomic mass is 16.4. The van der Waals surface area contributed by atoms with Gasteiger partial charge in [-0.05, 0) is 38.9 Å². The van der Waals surface area contributed by atoms with Crippen molar-refractivity contribution in [1.82, 2.24) is 10.2 Å².